The van der Waals surface area contributed by atoms with Crippen molar-refractivity contribution in [2.24, 2.45) is 0 Å². The van der Waals surface area contributed by atoms with Crippen LogP contribution in [0.15, 0.2) is 15.7 Å². The summed E-state index contributed by atoms with van der Waals surface area (Å²) in [5.74, 6) is 0. The van der Waals surface area contributed by atoms with Crippen LogP contribution in [0.3, 0.4) is 0 Å². The Kier molecular flexibility index (Phi) is 3.55. The van der Waals surface area contributed by atoms with Crippen molar-refractivity contribution in [2.45, 2.75) is 29.8 Å². The van der Waals surface area contributed by atoms with Crippen molar-refractivity contribution in [3.63, 3.8) is 0 Å². The van der Waals surface area contributed by atoms with Gasteiger partial charge in [0, 0.05) is 13.1 Å². The topological polar surface area (TPSA) is 77.8 Å². The van der Waals surface area contributed by atoms with E-state index in [0.717, 1.165) is 5.56 Å². The number of aryl methyl sites for hydroxylation is 1. The number of aliphatic hydroxyl groups is 2. The number of thiophene rings is 1. The molecule has 0 unspecified atom stereocenters. The molecule has 0 bridgehead atoms. The molecule has 17 heavy (non-hydrogen) atoms. The van der Waals surface area contributed by atoms with Crippen molar-refractivity contribution >= 4 is 21.4 Å². The van der Waals surface area contributed by atoms with E-state index >= 15 is 0 Å². The summed E-state index contributed by atoms with van der Waals surface area (Å²) in [6.07, 6.45) is -1.56. The van der Waals surface area contributed by atoms with Crippen molar-refractivity contribution in [3.8, 4) is 0 Å². The normalized spacial score (nSPS) is 27.2. The highest BCUT2D eigenvalue weighted by atomic mass is 32.2. The Labute approximate surface area is 104 Å². The van der Waals surface area contributed by atoms with E-state index in [2.05, 4.69) is 0 Å². The molecule has 96 valence electrons. The molecule has 0 aromatic carbocycles. The number of sulfonamides is 1. The van der Waals surface area contributed by atoms with E-state index in [4.69, 9.17) is 0 Å². The molecule has 7 heteroatoms. The molecule has 2 N–H and O–H groups in total. The smallest absolute Gasteiger partial charge is 0.252 e. The summed E-state index contributed by atoms with van der Waals surface area (Å²) in [6, 6.07) is 1.62. The second kappa shape index (κ2) is 4.66. The zero-order valence-electron chi connectivity index (χ0n) is 9.41. The minimum Gasteiger partial charge on any atom is -0.390 e. The Balaban J connectivity index is 2.22. The van der Waals surface area contributed by atoms with Gasteiger partial charge in [-0.3, -0.25) is 0 Å². The highest BCUT2D eigenvalue weighted by Gasteiger charge is 2.34. The summed E-state index contributed by atoms with van der Waals surface area (Å²) in [4.78, 5) is 0. The molecule has 1 fully saturated rings. The van der Waals surface area contributed by atoms with E-state index in [1.807, 2.05) is 6.92 Å². The van der Waals surface area contributed by atoms with Crippen molar-refractivity contribution in [3.05, 3.63) is 17.0 Å². The lowest BCUT2D eigenvalue weighted by molar-refractivity contribution is -0.0191. The van der Waals surface area contributed by atoms with Crippen molar-refractivity contribution < 1.29 is 18.6 Å². The molecular weight excluding hydrogens is 262 g/mol. The third-order valence-corrected chi connectivity index (χ3v) is 6.21. The Morgan fingerprint density at radius 1 is 1.41 bits per heavy atom. The summed E-state index contributed by atoms with van der Waals surface area (Å²) in [5.41, 5.74) is 0.908. The predicted molar refractivity (Wildman–Crippen MR) is 64.4 cm³/mol. The zero-order chi connectivity index (χ0) is 12.6. The van der Waals surface area contributed by atoms with Gasteiger partial charge >= 0.3 is 0 Å². The van der Waals surface area contributed by atoms with E-state index < -0.39 is 22.2 Å². The van der Waals surface area contributed by atoms with Crippen LogP contribution in [-0.4, -0.2) is 48.2 Å². The highest BCUT2D eigenvalue weighted by Crippen LogP contribution is 2.26. The fraction of sp³-hybridized carbons (Fsp3) is 0.600. The number of piperidine rings is 1. The first-order valence-corrected chi connectivity index (χ1v) is 7.64. The molecule has 0 radical (unpaired) electrons. The van der Waals surface area contributed by atoms with Crippen LogP contribution in [0.2, 0.25) is 0 Å². The molecule has 0 saturated carbocycles. The van der Waals surface area contributed by atoms with Crippen LogP contribution in [0.25, 0.3) is 0 Å². The van der Waals surface area contributed by atoms with Gasteiger partial charge in [-0.2, -0.15) is 4.31 Å². The van der Waals surface area contributed by atoms with Crippen LogP contribution in [0, 0.1) is 6.92 Å². The molecule has 2 heterocycles. The van der Waals surface area contributed by atoms with E-state index in [1.54, 1.807) is 11.4 Å². The van der Waals surface area contributed by atoms with Gasteiger partial charge < -0.3 is 10.2 Å². The summed E-state index contributed by atoms with van der Waals surface area (Å²) in [5, 5.41) is 20.7. The molecule has 0 aliphatic carbocycles. The lowest BCUT2D eigenvalue weighted by atomic mass is 10.1. The molecule has 2 atom stereocenters. The van der Waals surface area contributed by atoms with Crippen molar-refractivity contribution in [1.82, 2.24) is 4.31 Å². The number of aliphatic hydroxyl groups excluding tert-OH is 2. The number of hydrogen-bond donors (Lipinski definition) is 2. The van der Waals surface area contributed by atoms with Gasteiger partial charge in [0.15, 0.2) is 0 Å². The molecule has 0 spiro atoms. The van der Waals surface area contributed by atoms with Gasteiger partial charge in [-0.25, -0.2) is 8.42 Å². The van der Waals surface area contributed by atoms with Crippen LogP contribution in [0.4, 0.5) is 0 Å². The van der Waals surface area contributed by atoms with Gasteiger partial charge in [0.1, 0.15) is 4.21 Å². The number of nitrogens with zero attached hydrogens (tertiary/aromatic N) is 1. The minimum atomic E-state index is -3.52. The maximum Gasteiger partial charge on any atom is 0.252 e. The van der Waals surface area contributed by atoms with Crippen LogP contribution in [0.1, 0.15) is 12.0 Å². The SMILES string of the molecule is Cc1csc(S(=O)(=O)N2CC[C@H](O)[C@H](O)C2)c1. The zero-order valence-corrected chi connectivity index (χ0v) is 11.0. The summed E-state index contributed by atoms with van der Waals surface area (Å²) in [6.45, 7) is 2.04. The molecule has 1 aromatic rings. The lowest BCUT2D eigenvalue weighted by Gasteiger charge is -2.32. The molecule has 1 saturated heterocycles. The molecule has 1 aliphatic rings. The molecule has 2 rings (SSSR count). The molecule has 5 nitrogen and oxygen atoms in total. The molecule has 1 aromatic heterocycles. The first-order chi connectivity index (χ1) is 7.91. The Bertz CT molecular complexity index is 496. The Morgan fingerprint density at radius 2 is 2.12 bits per heavy atom. The van der Waals surface area contributed by atoms with E-state index in [-0.39, 0.29) is 19.5 Å². The number of rotatable bonds is 2. The van der Waals surface area contributed by atoms with Gasteiger partial charge in [-0.1, -0.05) is 0 Å². The first-order valence-electron chi connectivity index (χ1n) is 5.32. The van der Waals surface area contributed by atoms with Gasteiger partial charge in [0.05, 0.1) is 12.2 Å². The minimum absolute atomic E-state index is 0.0412. The van der Waals surface area contributed by atoms with E-state index in [9.17, 15) is 18.6 Å². The van der Waals surface area contributed by atoms with Gasteiger partial charge in [-0.05, 0) is 30.4 Å². The van der Waals surface area contributed by atoms with Crippen LogP contribution in [-0.2, 0) is 10.0 Å². The van der Waals surface area contributed by atoms with Gasteiger partial charge in [0.25, 0.3) is 10.0 Å². The van der Waals surface area contributed by atoms with Crippen LogP contribution < -0.4 is 0 Å². The third-order valence-electron chi connectivity index (χ3n) is 2.81. The summed E-state index contributed by atoms with van der Waals surface area (Å²) in [7, 11) is -3.52. The predicted octanol–water partition coefficient (Wildman–Crippen LogP) is 0.173. The molecule has 0 amide bonds. The third kappa shape index (κ3) is 2.53. The Hall–Kier alpha value is -0.470. The molecule has 1 aliphatic heterocycles. The van der Waals surface area contributed by atoms with E-state index in [0.29, 0.717) is 4.21 Å². The summed E-state index contributed by atoms with van der Waals surface area (Å²) < 4.78 is 25.9. The lowest BCUT2D eigenvalue weighted by Crippen LogP contribution is -2.48. The maximum absolute atomic E-state index is 12.2. The van der Waals surface area contributed by atoms with E-state index in [1.165, 1.54) is 15.6 Å². The van der Waals surface area contributed by atoms with Crippen LogP contribution in [0.5, 0.6) is 0 Å². The fourth-order valence-electron chi connectivity index (χ4n) is 1.78. The van der Waals surface area contributed by atoms with Crippen molar-refractivity contribution in [1.29, 1.82) is 0 Å². The second-order valence-electron chi connectivity index (χ2n) is 4.23. The largest absolute Gasteiger partial charge is 0.390 e. The number of hydrogen-bond acceptors (Lipinski definition) is 5. The quantitative estimate of drug-likeness (QED) is 0.808. The molecular formula is C10H15NO4S2. The highest BCUT2D eigenvalue weighted by molar-refractivity contribution is 7.91. The fourth-order valence-corrected chi connectivity index (χ4v) is 4.63. The Morgan fingerprint density at radius 3 is 2.65 bits per heavy atom. The maximum atomic E-state index is 12.2. The monoisotopic (exact) mass is 277 g/mol. The van der Waals surface area contributed by atoms with Gasteiger partial charge in [0.2, 0.25) is 0 Å². The second-order valence-corrected chi connectivity index (χ2v) is 7.31. The van der Waals surface area contributed by atoms with Crippen molar-refractivity contribution in [2.75, 3.05) is 13.1 Å². The average molecular weight is 277 g/mol. The average Bonchev–Trinajstić information content (AvgIpc) is 2.69. The summed E-state index contributed by atoms with van der Waals surface area (Å²) >= 11 is 1.18. The van der Waals surface area contributed by atoms with Crippen LogP contribution >= 0.6 is 11.3 Å². The van der Waals surface area contributed by atoms with Gasteiger partial charge in [-0.15, -0.1) is 11.3 Å². The standard InChI is InChI=1S/C10H15NO4S2/c1-7-4-10(16-6-7)17(14,15)11-3-2-8(12)9(13)5-11/h4,6,8-9,12-13H,2-3,5H2,1H3/t8-,9+/m0/s1. The first kappa shape index (κ1) is 13.0. The number of β-amino-alcohol motifs (C(OH)–C–C–N with tert-alkyl or cyclic N) is 1.